The Balaban J connectivity index is 1.67. The number of carbonyl (C=O) groups excluding carboxylic acids is 2. The molecule has 1 N–H and O–H groups in total. The Labute approximate surface area is 155 Å². The molecule has 2 amide bonds. The Hall–Kier alpha value is -3.48. The van der Waals surface area contributed by atoms with Crippen LogP contribution in [0, 0.1) is 0 Å². The van der Waals surface area contributed by atoms with Gasteiger partial charge in [-0.05, 0) is 37.1 Å². The second-order valence-electron chi connectivity index (χ2n) is 6.44. The van der Waals surface area contributed by atoms with Gasteiger partial charge in [-0.1, -0.05) is 18.2 Å². The number of aromatic nitrogens is 2. The van der Waals surface area contributed by atoms with Gasteiger partial charge >= 0.3 is 0 Å². The molecular weight excluding hydrogens is 344 g/mol. The second-order valence-corrected chi connectivity index (χ2v) is 6.44. The predicted octanol–water partition coefficient (Wildman–Crippen LogP) is 2.18. The van der Waals surface area contributed by atoms with Crippen molar-refractivity contribution in [1.82, 2.24) is 14.3 Å². The smallest absolute Gasteiger partial charge is 0.281 e. The highest BCUT2D eigenvalue weighted by molar-refractivity contribution is 6.04. The minimum Gasteiger partial charge on any atom is -0.339 e. The van der Waals surface area contributed by atoms with Crippen LogP contribution in [0.1, 0.15) is 33.6 Å². The summed E-state index contributed by atoms with van der Waals surface area (Å²) in [5.74, 6) is -0.487. The first-order valence-electron chi connectivity index (χ1n) is 8.80. The summed E-state index contributed by atoms with van der Waals surface area (Å²) in [6.45, 7) is 1.47. The number of hydrogen-bond donors (Lipinski definition) is 1. The van der Waals surface area contributed by atoms with Crippen LogP contribution in [0.2, 0.25) is 0 Å². The molecule has 136 valence electrons. The van der Waals surface area contributed by atoms with Crippen LogP contribution in [0.5, 0.6) is 0 Å². The summed E-state index contributed by atoms with van der Waals surface area (Å²) in [6.07, 6.45) is 4.82. The summed E-state index contributed by atoms with van der Waals surface area (Å²) < 4.78 is 1.30. The van der Waals surface area contributed by atoms with Gasteiger partial charge in [0.15, 0.2) is 0 Å². The van der Waals surface area contributed by atoms with E-state index in [0.717, 1.165) is 25.9 Å². The van der Waals surface area contributed by atoms with Crippen LogP contribution in [0.4, 0.5) is 5.69 Å². The first kappa shape index (κ1) is 17.0. The number of rotatable bonds is 3. The maximum Gasteiger partial charge on any atom is 0.281 e. The van der Waals surface area contributed by atoms with Gasteiger partial charge in [0.05, 0.1) is 11.8 Å². The summed E-state index contributed by atoms with van der Waals surface area (Å²) in [6, 6.07) is 11.9. The highest BCUT2D eigenvalue weighted by Crippen LogP contribution is 2.14. The number of amides is 2. The number of benzene rings is 1. The van der Waals surface area contributed by atoms with Crippen molar-refractivity contribution in [2.24, 2.45) is 0 Å². The molecule has 7 nitrogen and oxygen atoms in total. The lowest BCUT2D eigenvalue weighted by molar-refractivity contribution is 0.0792. The standard InChI is InChI=1S/C20H18N4O3/c25-18(14-6-2-1-3-7-14)22-16-12-21-17-9-8-15(13-24(17)20(16)27)19(26)23-10-4-5-11-23/h1-3,6-9,12-13H,4-5,10-11H2,(H,22,25). The van der Waals surface area contributed by atoms with Crippen LogP contribution >= 0.6 is 0 Å². The number of anilines is 1. The average Bonchev–Trinajstić information content (AvgIpc) is 3.25. The minimum absolute atomic E-state index is 0.0622. The van der Waals surface area contributed by atoms with Crippen molar-refractivity contribution < 1.29 is 9.59 Å². The van der Waals surface area contributed by atoms with E-state index in [-0.39, 0.29) is 11.6 Å². The van der Waals surface area contributed by atoms with Gasteiger partial charge in [-0.2, -0.15) is 0 Å². The summed E-state index contributed by atoms with van der Waals surface area (Å²) in [5.41, 5.74) is 0.919. The zero-order valence-electron chi connectivity index (χ0n) is 14.6. The van der Waals surface area contributed by atoms with E-state index in [1.165, 1.54) is 16.8 Å². The van der Waals surface area contributed by atoms with Crippen molar-refractivity contribution >= 4 is 23.1 Å². The predicted molar refractivity (Wildman–Crippen MR) is 101 cm³/mol. The zero-order chi connectivity index (χ0) is 18.8. The Morgan fingerprint density at radius 2 is 1.70 bits per heavy atom. The highest BCUT2D eigenvalue weighted by Gasteiger charge is 2.20. The topological polar surface area (TPSA) is 83.8 Å². The summed E-state index contributed by atoms with van der Waals surface area (Å²) in [5, 5.41) is 2.59. The molecule has 0 aliphatic carbocycles. The van der Waals surface area contributed by atoms with Crippen LogP contribution in [0.25, 0.3) is 5.65 Å². The van der Waals surface area contributed by atoms with E-state index in [1.807, 2.05) is 6.07 Å². The van der Waals surface area contributed by atoms with Gasteiger partial charge in [-0.15, -0.1) is 0 Å². The van der Waals surface area contributed by atoms with Crippen LogP contribution in [-0.4, -0.2) is 39.2 Å². The van der Waals surface area contributed by atoms with Crippen molar-refractivity contribution in [3.8, 4) is 0 Å². The zero-order valence-corrected chi connectivity index (χ0v) is 14.6. The van der Waals surface area contributed by atoms with E-state index < -0.39 is 11.5 Å². The fourth-order valence-corrected chi connectivity index (χ4v) is 3.18. The SMILES string of the molecule is O=C(Nc1cnc2ccc(C(=O)N3CCCC3)cn2c1=O)c1ccccc1. The van der Waals surface area contributed by atoms with Gasteiger partial charge in [0, 0.05) is 24.8 Å². The highest BCUT2D eigenvalue weighted by atomic mass is 16.2. The van der Waals surface area contributed by atoms with Crippen LogP contribution in [0.3, 0.4) is 0 Å². The van der Waals surface area contributed by atoms with Gasteiger partial charge in [-0.25, -0.2) is 4.98 Å². The van der Waals surface area contributed by atoms with Crippen LogP contribution in [-0.2, 0) is 0 Å². The fourth-order valence-electron chi connectivity index (χ4n) is 3.18. The van der Waals surface area contributed by atoms with Gasteiger partial charge in [0.2, 0.25) is 0 Å². The molecule has 0 saturated carbocycles. The number of fused-ring (bicyclic) bond motifs is 1. The molecule has 0 radical (unpaired) electrons. The van der Waals surface area contributed by atoms with Crippen molar-refractivity contribution in [2.45, 2.75) is 12.8 Å². The van der Waals surface area contributed by atoms with E-state index in [1.54, 1.807) is 41.3 Å². The monoisotopic (exact) mass is 362 g/mol. The second kappa shape index (κ2) is 7.03. The summed E-state index contributed by atoms with van der Waals surface area (Å²) in [4.78, 5) is 43.6. The summed E-state index contributed by atoms with van der Waals surface area (Å²) >= 11 is 0. The number of nitrogens with one attached hydrogen (secondary N) is 1. The molecule has 4 rings (SSSR count). The third kappa shape index (κ3) is 3.31. The third-order valence-corrected chi connectivity index (χ3v) is 4.63. The molecule has 2 aromatic heterocycles. The Kier molecular flexibility index (Phi) is 4.42. The molecule has 1 aliphatic rings. The third-order valence-electron chi connectivity index (χ3n) is 4.63. The molecule has 1 fully saturated rings. The molecule has 3 aromatic rings. The van der Waals surface area contributed by atoms with E-state index in [9.17, 15) is 14.4 Å². The number of hydrogen-bond acceptors (Lipinski definition) is 4. The van der Waals surface area contributed by atoms with Gasteiger partial charge in [0.1, 0.15) is 11.3 Å². The maximum absolute atomic E-state index is 12.8. The van der Waals surface area contributed by atoms with E-state index in [2.05, 4.69) is 10.3 Å². The van der Waals surface area contributed by atoms with Gasteiger partial charge in [-0.3, -0.25) is 18.8 Å². The van der Waals surface area contributed by atoms with Gasteiger partial charge < -0.3 is 10.2 Å². The van der Waals surface area contributed by atoms with Crippen molar-refractivity contribution in [3.05, 3.63) is 76.3 Å². The quantitative estimate of drug-likeness (QED) is 0.774. The number of likely N-dealkylation sites (tertiary alicyclic amines) is 1. The fraction of sp³-hybridized carbons (Fsp3) is 0.200. The molecule has 0 bridgehead atoms. The summed E-state index contributed by atoms with van der Waals surface area (Å²) in [7, 11) is 0. The number of pyridine rings is 1. The van der Waals surface area contributed by atoms with Crippen LogP contribution in [0.15, 0.2) is 59.7 Å². The van der Waals surface area contributed by atoms with E-state index >= 15 is 0 Å². The molecule has 0 atom stereocenters. The Morgan fingerprint density at radius 1 is 0.963 bits per heavy atom. The Morgan fingerprint density at radius 3 is 2.44 bits per heavy atom. The molecule has 1 saturated heterocycles. The average molecular weight is 362 g/mol. The van der Waals surface area contributed by atoms with Crippen molar-refractivity contribution in [2.75, 3.05) is 18.4 Å². The van der Waals surface area contributed by atoms with E-state index in [4.69, 9.17) is 0 Å². The number of carbonyl (C=O) groups is 2. The molecule has 0 unspecified atom stereocenters. The lowest BCUT2D eigenvalue weighted by atomic mass is 10.2. The largest absolute Gasteiger partial charge is 0.339 e. The number of nitrogens with zero attached hydrogens (tertiary/aromatic N) is 3. The van der Waals surface area contributed by atoms with Crippen LogP contribution < -0.4 is 10.9 Å². The minimum atomic E-state index is -0.430. The van der Waals surface area contributed by atoms with E-state index in [0.29, 0.717) is 16.8 Å². The molecule has 7 heteroatoms. The lowest BCUT2D eigenvalue weighted by Crippen LogP contribution is -2.29. The molecule has 27 heavy (non-hydrogen) atoms. The molecule has 1 aliphatic heterocycles. The lowest BCUT2D eigenvalue weighted by Gasteiger charge is -2.15. The first-order chi connectivity index (χ1) is 13.1. The molecule has 1 aromatic carbocycles. The molecule has 0 spiro atoms. The van der Waals surface area contributed by atoms with Crippen molar-refractivity contribution in [3.63, 3.8) is 0 Å². The normalized spacial score (nSPS) is 13.7. The first-order valence-corrected chi connectivity index (χ1v) is 8.80. The van der Waals surface area contributed by atoms with Crippen molar-refractivity contribution in [1.29, 1.82) is 0 Å². The maximum atomic E-state index is 12.8. The molecule has 3 heterocycles. The Bertz CT molecular complexity index is 1070. The van der Waals surface area contributed by atoms with Gasteiger partial charge in [0.25, 0.3) is 17.4 Å². The molecular formula is C20H18N4O3.